The van der Waals surface area contributed by atoms with Crippen LogP contribution >= 0.6 is 0 Å². The van der Waals surface area contributed by atoms with Crippen molar-refractivity contribution in [3.63, 3.8) is 0 Å². The summed E-state index contributed by atoms with van der Waals surface area (Å²) < 4.78 is 0. The van der Waals surface area contributed by atoms with Crippen LogP contribution in [-0.4, -0.2) is 24.2 Å². The van der Waals surface area contributed by atoms with E-state index < -0.39 is 5.97 Å². The van der Waals surface area contributed by atoms with E-state index in [0.29, 0.717) is 6.42 Å². The predicted octanol–water partition coefficient (Wildman–Crippen LogP) is 1.65. The van der Waals surface area contributed by atoms with Gasteiger partial charge in [0.15, 0.2) is 0 Å². The first kappa shape index (κ1) is 13.7. The molecule has 0 unspecified atom stereocenters. The first-order valence-corrected chi connectivity index (χ1v) is 4.21. The minimum Gasteiger partial charge on any atom is -0.478 e. The van der Waals surface area contributed by atoms with Crippen molar-refractivity contribution in [2.45, 2.75) is 27.2 Å². The molecule has 0 bridgehead atoms. The maximum Gasteiger partial charge on any atom is 0.330 e. The molecule has 0 fully saturated rings. The lowest BCUT2D eigenvalue weighted by Gasteiger charge is -1.87. The number of nitrogens with one attached hydrogen (secondary N) is 1. The maximum atomic E-state index is 9.83. The lowest BCUT2D eigenvalue weighted by atomic mass is 10.2. The number of carbonyl (C=O) groups is 1. The monoisotopic (exact) mass is 173 g/mol. The van der Waals surface area contributed by atoms with Gasteiger partial charge in [0.25, 0.3) is 0 Å². The van der Waals surface area contributed by atoms with Gasteiger partial charge in [-0.15, -0.1) is 0 Å². The minimum absolute atomic E-state index is 0.264. The Morgan fingerprint density at radius 1 is 1.33 bits per heavy atom. The molecule has 72 valence electrons. The fraction of sp³-hybridized carbons (Fsp3) is 0.667. The van der Waals surface area contributed by atoms with Crippen LogP contribution in [0.25, 0.3) is 0 Å². The first-order chi connectivity index (χ1) is 5.59. The Bertz CT molecular complexity index is 130. The minimum atomic E-state index is -0.900. The number of carboxylic acids is 1. The molecule has 0 atom stereocenters. The third-order valence-electron chi connectivity index (χ3n) is 1.23. The molecule has 12 heavy (non-hydrogen) atoms. The number of hydrogen-bond donors (Lipinski definition) is 2. The van der Waals surface area contributed by atoms with Gasteiger partial charge < -0.3 is 10.4 Å². The number of rotatable bonds is 4. The standard InChI is InChI=1S/C5H8O2.C4H11N/c1-3-4(2)5(6)7;1-3-5-4-2/h2-3H2,1H3,(H,6,7);5H,3-4H2,1-2H3. The normalized spacial score (nSPS) is 8.25. The number of hydrogen-bond acceptors (Lipinski definition) is 2. The Morgan fingerprint density at radius 2 is 1.75 bits per heavy atom. The van der Waals surface area contributed by atoms with Crippen molar-refractivity contribution in [3.8, 4) is 0 Å². The molecule has 3 nitrogen and oxygen atoms in total. The summed E-state index contributed by atoms with van der Waals surface area (Å²) in [6.07, 6.45) is 0.523. The van der Waals surface area contributed by atoms with Gasteiger partial charge in [0.05, 0.1) is 0 Å². The van der Waals surface area contributed by atoms with E-state index in [1.165, 1.54) is 0 Å². The average Bonchev–Trinajstić information content (AvgIpc) is 2.05. The van der Waals surface area contributed by atoms with Gasteiger partial charge >= 0.3 is 5.97 Å². The smallest absolute Gasteiger partial charge is 0.330 e. The Hall–Kier alpha value is -0.830. The molecule has 0 rings (SSSR count). The van der Waals surface area contributed by atoms with Crippen LogP contribution in [0, 0.1) is 0 Å². The molecule has 0 amide bonds. The van der Waals surface area contributed by atoms with E-state index in [4.69, 9.17) is 5.11 Å². The van der Waals surface area contributed by atoms with Gasteiger partial charge in [-0.2, -0.15) is 0 Å². The third kappa shape index (κ3) is 11.9. The lowest BCUT2D eigenvalue weighted by Crippen LogP contribution is -2.09. The van der Waals surface area contributed by atoms with Crippen molar-refractivity contribution in [2.24, 2.45) is 0 Å². The summed E-state index contributed by atoms with van der Waals surface area (Å²) in [4.78, 5) is 9.83. The molecule has 0 saturated heterocycles. The van der Waals surface area contributed by atoms with E-state index in [1.54, 1.807) is 6.92 Å². The van der Waals surface area contributed by atoms with Crippen molar-refractivity contribution in [1.29, 1.82) is 0 Å². The molecule has 0 aliphatic carbocycles. The molecule has 3 heteroatoms. The summed E-state index contributed by atoms with van der Waals surface area (Å²) in [5.41, 5.74) is 0.264. The van der Waals surface area contributed by atoms with Crippen LogP contribution in [0.15, 0.2) is 12.2 Å². The third-order valence-corrected chi connectivity index (χ3v) is 1.23. The highest BCUT2D eigenvalue weighted by Crippen LogP contribution is 1.93. The number of carboxylic acid groups (broad SMARTS) is 1. The molecule has 0 heterocycles. The van der Waals surface area contributed by atoms with E-state index in [2.05, 4.69) is 25.7 Å². The zero-order valence-electron chi connectivity index (χ0n) is 8.18. The van der Waals surface area contributed by atoms with Gasteiger partial charge in [0.1, 0.15) is 0 Å². The molecule has 0 aromatic carbocycles. The molecule has 0 saturated carbocycles. The van der Waals surface area contributed by atoms with Crippen molar-refractivity contribution in [1.82, 2.24) is 5.32 Å². The summed E-state index contributed by atoms with van der Waals surface area (Å²) in [6, 6.07) is 0. The van der Waals surface area contributed by atoms with E-state index >= 15 is 0 Å². The van der Waals surface area contributed by atoms with Crippen molar-refractivity contribution in [3.05, 3.63) is 12.2 Å². The van der Waals surface area contributed by atoms with Crippen molar-refractivity contribution in [2.75, 3.05) is 13.1 Å². The summed E-state index contributed by atoms with van der Waals surface area (Å²) in [5.74, 6) is -0.900. The van der Waals surface area contributed by atoms with Crippen LogP contribution in [-0.2, 0) is 4.79 Å². The molecule has 0 aromatic rings. The van der Waals surface area contributed by atoms with Crippen LogP contribution in [0.4, 0.5) is 0 Å². The van der Waals surface area contributed by atoms with Gasteiger partial charge in [-0.1, -0.05) is 27.4 Å². The van der Waals surface area contributed by atoms with E-state index in [-0.39, 0.29) is 5.57 Å². The highest BCUT2D eigenvalue weighted by molar-refractivity contribution is 5.85. The summed E-state index contributed by atoms with van der Waals surface area (Å²) in [5, 5.41) is 11.2. The Morgan fingerprint density at radius 3 is 1.75 bits per heavy atom. The molecule has 0 aliphatic heterocycles. The quantitative estimate of drug-likeness (QED) is 0.635. The molecule has 0 aromatic heterocycles. The molecule has 2 N–H and O–H groups in total. The molecular weight excluding hydrogens is 154 g/mol. The van der Waals surface area contributed by atoms with Gasteiger partial charge in [0, 0.05) is 5.57 Å². The second-order valence-electron chi connectivity index (χ2n) is 2.22. The van der Waals surface area contributed by atoms with E-state index in [9.17, 15) is 4.79 Å². The van der Waals surface area contributed by atoms with Crippen LogP contribution in [0.1, 0.15) is 27.2 Å². The van der Waals surface area contributed by atoms with Crippen molar-refractivity contribution < 1.29 is 9.90 Å². The molecule has 0 aliphatic rings. The maximum absolute atomic E-state index is 9.83. The van der Waals surface area contributed by atoms with Crippen LogP contribution < -0.4 is 5.32 Å². The topological polar surface area (TPSA) is 49.3 Å². The lowest BCUT2D eigenvalue weighted by molar-refractivity contribution is -0.132. The first-order valence-electron chi connectivity index (χ1n) is 4.21. The van der Waals surface area contributed by atoms with E-state index in [1.807, 2.05) is 0 Å². The van der Waals surface area contributed by atoms with Gasteiger partial charge in [-0.05, 0) is 19.5 Å². The molecule has 0 spiro atoms. The van der Waals surface area contributed by atoms with Gasteiger partial charge in [0.2, 0.25) is 0 Å². The highest BCUT2D eigenvalue weighted by Gasteiger charge is 1.96. The summed E-state index contributed by atoms with van der Waals surface area (Å²) in [7, 11) is 0. The fourth-order valence-electron chi connectivity index (χ4n) is 0.401. The zero-order valence-corrected chi connectivity index (χ0v) is 8.18. The predicted molar refractivity (Wildman–Crippen MR) is 51.3 cm³/mol. The van der Waals surface area contributed by atoms with Crippen LogP contribution in [0.3, 0.4) is 0 Å². The summed E-state index contributed by atoms with van der Waals surface area (Å²) in [6.45, 7) is 11.4. The average molecular weight is 173 g/mol. The molecular formula is C9H19NO2. The highest BCUT2D eigenvalue weighted by atomic mass is 16.4. The summed E-state index contributed by atoms with van der Waals surface area (Å²) >= 11 is 0. The molecule has 0 radical (unpaired) electrons. The SMILES string of the molecule is C=C(CC)C(=O)O.CCNCC. The Kier molecular flexibility index (Phi) is 11.6. The second-order valence-corrected chi connectivity index (χ2v) is 2.22. The van der Waals surface area contributed by atoms with Crippen LogP contribution in [0.2, 0.25) is 0 Å². The van der Waals surface area contributed by atoms with Gasteiger partial charge in [-0.25, -0.2) is 4.79 Å². The fourth-order valence-corrected chi connectivity index (χ4v) is 0.401. The van der Waals surface area contributed by atoms with Crippen molar-refractivity contribution >= 4 is 5.97 Å². The second kappa shape index (κ2) is 10.2. The largest absolute Gasteiger partial charge is 0.478 e. The Balaban J connectivity index is 0. The zero-order chi connectivity index (χ0) is 9.98. The van der Waals surface area contributed by atoms with Crippen LogP contribution in [0.5, 0.6) is 0 Å². The van der Waals surface area contributed by atoms with Gasteiger partial charge in [-0.3, -0.25) is 0 Å². The van der Waals surface area contributed by atoms with E-state index in [0.717, 1.165) is 13.1 Å². The number of aliphatic carboxylic acids is 1. The Labute approximate surface area is 74.5 Å².